The van der Waals surface area contributed by atoms with Crippen molar-refractivity contribution in [3.05, 3.63) is 10.6 Å². The van der Waals surface area contributed by atoms with Crippen molar-refractivity contribution in [1.29, 1.82) is 0 Å². The first-order chi connectivity index (χ1) is 5.20. The molecule has 0 saturated heterocycles. The van der Waals surface area contributed by atoms with Crippen LogP contribution in [-0.4, -0.2) is 26.0 Å². The Morgan fingerprint density at radius 3 is 2.64 bits per heavy atom. The maximum absolute atomic E-state index is 10.6. The molecule has 0 fully saturated rings. The Morgan fingerprint density at radius 2 is 2.18 bits per heavy atom. The highest BCUT2D eigenvalue weighted by atomic mass is 35.5. The van der Waals surface area contributed by atoms with Crippen LogP contribution in [0.1, 0.15) is 0 Å². The van der Waals surface area contributed by atoms with Gasteiger partial charge in [0.25, 0.3) is 0 Å². The lowest BCUT2D eigenvalue weighted by Gasteiger charge is -2.00. The fraction of sp³-hybridized carbons (Fsp3) is 0.500. The van der Waals surface area contributed by atoms with Gasteiger partial charge in [0.1, 0.15) is 0 Å². The summed E-state index contributed by atoms with van der Waals surface area (Å²) in [6.45, 7) is 0.663. The highest BCUT2D eigenvalue weighted by molar-refractivity contribution is 6.36. The molecule has 0 aromatic heterocycles. The molecular weight excluding hydrogens is 187 g/mol. The molecule has 5 heteroatoms. The molecule has 0 radical (unpaired) electrons. The number of rotatable bonds is 4. The third-order valence-corrected chi connectivity index (χ3v) is 1.59. The van der Waals surface area contributed by atoms with Crippen molar-refractivity contribution >= 4 is 29.1 Å². The number of halogens is 2. The van der Waals surface area contributed by atoms with E-state index in [1.165, 1.54) is 5.54 Å². The molecule has 0 aliphatic heterocycles. The lowest BCUT2D eigenvalue weighted by molar-refractivity contribution is -0.119. The van der Waals surface area contributed by atoms with Gasteiger partial charge in [-0.1, -0.05) is 23.2 Å². The Balaban J connectivity index is 3.35. The third kappa shape index (κ3) is 6.16. The minimum absolute atomic E-state index is 0.0796. The van der Waals surface area contributed by atoms with Crippen LogP contribution in [0.25, 0.3) is 0 Å². The Kier molecular flexibility index (Phi) is 6.31. The second-order valence-electron chi connectivity index (χ2n) is 1.83. The molecule has 0 bridgehead atoms. The summed E-state index contributed by atoms with van der Waals surface area (Å²) in [5, 5.41) is 5.73. The van der Waals surface area contributed by atoms with Crippen molar-refractivity contribution in [2.75, 3.05) is 20.1 Å². The third-order valence-electron chi connectivity index (χ3n) is 0.977. The van der Waals surface area contributed by atoms with Gasteiger partial charge in [0, 0.05) is 24.2 Å². The van der Waals surface area contributed by atoms with E-state index in [1.54, 1.807) is 7.05 Å². The number of hydrogen-bond donors (Lipinski definition) is 2. The molecule has 0 aliphatic rings. The zero-order valence-corrected chi connectivity index (χ0v) is 7.67. The first-order valence-corrected chi connectivity index (χ1v) is 3.88. The standard InChI is InChI=1S/C6H10Cl2N2O/c1-9-6(11)4-10-3-5(8)2-7/h2,10H,3-4H2,1H3,(H,9,11)/b5-2-. The SMILES string of the molecule is CNC(=O)CNC/C(Cl)=C/Cl. The number of carbonyl (C=O) groups is 1. The number of hydrogen-bond acceptors (Lipinski definition) is 2. The van der Waals surface area contributed by atoms with E-state index >= 15 is 0 Å². The predicted octanol–water partition coefficient (Wildman–Crippen LogP) is 0.641. The van der Waals surface area contributed by atoms with Crippen molar-refractivity contribution in [2.24, 2.45) is 0 Å². The molecule has 0 heterocycles. The molecule has 3 nitrogen and oxygen atoms in total. The van der Waals surface area contributed by atoms with Crippen LogP contribution >= 0.6 is 23.2 Å². The summed E-state index contributed by atoms with van der Waals surface area (Å²) < 4.78 is 0. The molecule has 0 aromatic rings. The van der Waals surface area contributed by atoms with Crippen molar-refractivity contribution in [3.63, 3.8) is 0 Å². The minimum atomic E-state index is -0.0796. The minimum Gasteiger partial charge on any atom is -0.358 e. The van der Waals surface area contributed by atoms with Gasteiger partial charge in [-0.3, -0.25) is 4.79 Å². The highest BCUT2D eigenvalue weighted by Crippen LogP contribution is 1.99. The quantitative estimate of drug-likeness (QED) is 0.694. The lowest BCUT2D eigenvalue weighted by atomic mass is 10.5. The summed E-state index contributed by atoms with van der Waals surface area (Å²) in [5.41, 5.74) is 1.26. The summed E-state index contributed by atoms with van der Waals surface area (Å²) in [4.78, 5) is 10.6. The van der Waals surface area contributed by atoms with Crippen LogP contribution in [0.4, 0.5) is 0 Å². The van der Waals surface area contributed by atoms with Crippen molar-refractivity contribution in [2.45, 2.75) is 0 Å². The van der Waals surface area contributed by atoms with Crippen LogP contribution in [0.15, 0.2) is 10.6 Å². The van der Waals surface area contributed by atoms with E-state index in [-0.39, 0.29) is 12.5 Å². The average Bonchev–Trinajstić information content (AvgIpc) is 2.04. The summed E-state index contributed by atoms with van der Waals surface area (Å²) in [6, 6.07) is 0. The van der Waals surface area contributed by atoms with Gasteiger partial charge >= 0.3 is 0 Å². The Morgan fingerprint density at radius 1 is 1.55 bits per heavy atom. The molecule has 0 spiro atoms. The first-order valence-electron chi connectivity index (χ1n) is 3.06. The molecule has 0 rings (SSSR count). The second-order valence-corrected chi connectivity index (χ2v) is 2.54. The Bertz CT molecular complexity index is 159. The monoisotopic (exact) mass is 196 g/mol. The van der Waals surface area contributed by atoms with E-state index in [2.05, 4.69) is 10.6 Å². The van der Waals surface area contributed by atoms with Gasteiger partial charge in [-0.25, -0.2) is 0 Å². The zero-order chi connectivity index (χ0) is 8.69. The second kappa shape index (κ2) is 6.46. The van der Waals surface area contributed by atoms with Crippen molar-refractivity contribution in [1.82, 2.24) is 10.6 Å². The lowest BCUT2D eigenvalue weighted by Crippen LogP contribution is -2.31. The molecule has 0 unspecified atom stereocenters. The van der Waals surface area contributed by atoms with E-state index in [0.29, 0.717) is 11.6 Å². The summed E-state index contributed by atoms with van der Waals surface area (Å²) in [7, 11) is 1.57. The summed E-state index contributed by atoms with van der Waals surface area (Å²) in [6.07, 6.45) is 0. The largest absolute Gasteiger partial charge is 0.358 e. The maximum Gasteiger partial charge on any atom is 0.233 e. The fourth-order valence-corrected chi connectivity index (χ4v) is 0.594. The smallest absolute Gasteiger partial charge is 0.233 e. The van der Waals surface area contributed by atoms with E-state index in [9.17, 15) is 4.79 Å². The van der Waals surface area contributed by atoms with E-state index in [1.807, 2.05) is 0 Å². The molecule has 0 aliphatic carbocycles. The van der Waals surface area contributed by atoms with Crippen molar-refractivity contribution < 1.29 is 4.79 Å². The van der Waals surface area contributed by atoms with Gasteiger partial charge in [0.05, 0.1) is 6.54 Å². The molecule has 0 atom stereocenters. The molecule has 0 aromatic carbocycles. The average molecular weight is 197 g/mol. The normalized spacial score (nSPS) is 11.4. The van der Waals surface area contributed by atoms with Gasteiger partial charge in [0.15, 0.2) is 0 Å². The van der Waals surface area contributed by atoms with Crippen LogP contribution in [0, 0.1) is 0 Å². The Labute approximate surface area is 75.7 Å². The summed E-state index contributed by atoms with van der Waals surface area (Å²) in [5.74, 6) is -0.0796. The van der Waals surface area contributed by atoms with Gasteiger partial charge in [-0.15, -0.1) is 0 Å². The first kappa shape index (κ1) is 10.8. The van der Waals surface area contributed by atoms with Crippen LogP contribution in [0.2, 0.25) is 0 Å². The van der Waals surface area contributed by atoms with Crippen LogP contribution in [0.5, 0.6) is 0 Å². The molecule has 64 valence electrons. The van der Waals surface area contributed by atoms with E-state index < -0.39 is 0 Å². The molecule has 11 heavy (non-hydrogen) atoms. The van der Waals surface area contributed by atoms with Crippen LogP contribution < -0.4 is 10.6 Å². The number of carbonyl (C=O) groups excluding carboxylic acids is 1. The van der Waals surface area contributed by atoms with Crippen LogP contribution in [0.3, 0.4) is 0 Å². The number of amides is 1. The summed E-state index contributed by atoms with van der Waals surface area (Å²) >= 11 is 10.8. The highest BCUT2D eigenvalue weighted by Gasteiger charge is 1.96. The predicted molar refractivity (Wildman–Crippen MR) is 46.7 cm³/mol. The molecule has 2 N–H and O–H groups in total. The number of likely N-dealkylation sites (N-methyl/N-ethyl adjacent to an activating group) is 1. The Hall–Kier alpha value is -0.250. The van der Waals surface area contributed by atoms with Gasteiger partial charge < -0.3 is 10.6 Å². The van der Waals surface area contributed by atoms with Gasteiger partial charge in [0.2, 0.25) is 5.91 Å². The maximum atomic E-state index is 10.6. The van der Waals surface area contributed by atoms with Crippen LogP contribution in [-0.2, 0) is 4.79 Å². The molecule has 0 saturated carbocycles. The van der Waals surface area contributed by atoms with Gasteiger partial charge in [-0.2, -0.15) is 0 Å². The van der Waals surface area contributed by atoms with Crippen molar-refractivity contribution in [3.8, 4) is 0 Å². The van der Waals surface area contributed by atoms with Gasteiger partial charge in [-0.05, 0) is 0 Å². The zero-order valence-electron chi connectivity index (χ0n) is 6.16. The van der Waals surface area contributed by atoms with E-state index in [0.717, 1.165) is 0 Å². The number of nitrogens with one attached hydrogen (secondary N) is 2. The topological polar surface area (TPSA) is 41.1 Å². The van der Waals surface area contributed by atoms with E-state index in [4.69, 9.17) is 23.2 Å². The molecule has 1 amide bonds. The fourth-order valence-electron chi connectivity index (χ4n) is 0.422. The molecular formula is C6H10Cl2N2O.